The molecular formula is C13H8F3NO3. The van der Waals surface area contributed by atoms with Gasteiger partial charge in [0, 0.05) is 18.0 Å². The molecule has 0 saturated heterocycles. The maximum absolute atomic E-state index is 12.9. The second-order valence-corrected chi connectivity index (χ2v) is 3.96. The van der Waals surface area contributed by atoms with Gasteiger partial charge in [-0.25, -0.2) is 4.79 Å². The smallest absolute Gasteiger partial charge is 0.417 e. The van der Waals surface area contributed by atoms with Crippen LogP contribution in [0.1, 0.15) is 15.9 Å². The molecule has 0 fully saturated rings. The van der Waals surface area contributed by atoms with E-state index in [-0.39, 0.29) is 11.1 Å². The average molecular weight is 283 g/mol. The minimum Gasteiger partial charge on any atom is -0.507 e. The minimum absolute atomic E-state index is 0.0145. The molecule has 0 saturated carbocycles. The van der Waals surface area contributed by atoms with E-state index in [9.17, 15) is 23.1 Å². The molecule has 0 aliphatic carbocycles. The van der Waals surface area contributed by atoms with E-state index < -0.39 is 29.0 Å². The molecule has 0 spiro atoms. The highest BCUT2D eigenvalue weighted by atomic mass is 19.4. The van der Waals surface area contributed by atoms with Gasteiger partial charge in [0.05, 0.1) is 5.56 Å². The molecular weight excluding hydrogens is 275 g/mol. The standard InChI is InChI=1S/C13H8F3NO3/c14-13(15,16)10-3-4-17-6-9(10)7-1-2-11(18)8(5-7)12(19)20/h1-6,18H,(H,19,20). The SMILES string of the molecule is O=C(O)c1cc(-c2cnccc2C(F)(F)F)ccc1O. The van der Waals surface area contributed by atoms with E-state index in [1.165, 1.54) is 6.07 Å². The van der Waals surface area contributed by atoms with E-state index in [1.54, 1.807) is 0 Å². The van der Waals surface area contributed by atoms with E-state index >= 15 is 0 Å². The predicted molar refractivity (Wildman–Crippen MR) is 63.3 cm³/mol. The third-order valence-electron chi connectivity index (χ3n) is 2.66. The first-order chi connectivity index (χ1) is 9.30. The Balaban J connectivity index is 2.64. The molecule has 2 rings (SSSR count). The van der Waals surface area contributed by atoms with Gasteiger partial charge in [-0.3, -0.25) is 4.98 Å². The number of aromatic hydroxyl groups is 1. The number of rotatable bonds is 2. The Morgan fingerprint density at radius 3 is 2.50 bits per heavy atom. The second kappa shape index (κ2) is 4.84. The van der Waals surface area contributed by atoms with Gasteiger partial charge in [0.1, 0.15) is 11.3 Å². The Hall–Kier alpha value is -2.57. The highest BCUT2D eigenvalue weighted by Crippen LogP contribution is 2.37. The van der Waals surface area contributed by atoms with Crippen LogP contribution >= 0.6 is 0 Å². The van der Waals surface area contributed by atoms with Gasteiger partial charge in [0.15, 0.2) is 0 Å². The summed E-state index contributed by atoms with van der Waals surface area (Å²) in [6, 6.07) is 4.02. The summed E-state index contributed by atoms with van der Waals surface area (Å²) >= 11 is 0. The molecule has 0 unspecified atom stereocenters. The molecule has 2 aromatic rings. The maximum Gasteiger partial charge on any atom is 0.417 e. The molecule has 0 atom stereocenters. The van der Waals surface area contributed by atoms with Crippen molar-refractivity contribution in [1.82, 2.24) is 4.98 Å². The number of hydrogen-bond donors (Lipinski definition) is 2. The maximum atomic E-state index is 12.9. The number of carboxylic acids is 1. The summed E-state index contributed by atoms with van der Waals surface area (Å²) in [5.74, 6) is -1.94. The van der Waals surface area contributed by atoms with Crippen LogP contribution in [0.15, 0.2) is 36.7 Å². The minimum atomic E-state index is -4.58. The highest BCUT2D eigenvalue weighted by molar-refractivity contribution is 5.92. The fourth-order valence-corrected chi connectivity index (χ4v) is 1.75. The summed E-state index contributed by atoms with van der Waals surface area (Å²) in [4.78, 5) is 14.5. The quantitative estimate of drug-likeness (QED) is 0.888. The number of pyridine rings is 1. The second-order valence-electron chi connectivity index (χ2n) is 3.96. The Labute approximate surface area is 111 Å². The van der Waals surface area contributed by atoms with Gasteiger partial charge in [0.2, 0.25) is 0 Å². The normalized spacial score (nSPS) is 11.3. The molecule has 2 N–H and O–H groups in total. The van der Waals surface area contributed by atoms with Gasteiger partial charge in [-0.1, -0.05) is 6.07 Å². The van der Waals surface area contributed by atoms with E-state index in [0.717, 1.165) is 30.6 Å². The zero-order valence-corrected chi connectivity index (χ0v) is 9.85. The van der Waals surface area contributed by atoms with Gasteiger partial charge in [-0.2, -0.15) is 13.2 Å². The first-order valence-electron chi connectivity index (χ1n) is 5.38. The topological polar surface area (TPSA) is 70.4 Å². The van der Waals surface area contributed by atoms with Crippen LogP contribution < -0.4 is 0 Å². The molecule has 1 aromatic carbocycles. The van der Waals surface area contributed by atoms with Crippen LogP contribution in [0.2, 0.25) is 0 Å². The number of aromatic nitrogens is 1. The van der Waals surface area contributed by atoms with Gasteiger partial charge >= 0.3 is 12.1 Å². The van der Waals surface area contributed by atoms with Crippen LogP contribution in [-0.2, 0) is 6.18 Å². The fraction of sp³-hybridized carbons (Fsp3) is 0.0769. The zero-order valence-electron chi connectivity index (χ0n) is 9.85. The van der Waals surface area contributed by atoms with Crippen LogP contribution in [0, 0.1) is 0 Å². The molecule has 0 radical (unpaired) electrons. The van der Waals surface area contributed by atoms with Crippen molar-refractivity contribution in [2.75, 3.05) is 0 Å². The number of nitrogens with zero attached hydrogens (tertiary/aromatic N) is 1. The Morgan fingerprint density at radius 1 is 1.20 bits per heavy atom. The van der Waals surface area contributed by atoms with Crippen molar-refractivity contribution in [3.8, 4) is 16.9 Å². The van der Waals surface area contributed by atoms with Gasteiger partial charge < -0.3 is 10.2 Å². The van der Waals surface area contributed by atoms with E-state index in [2.05, 4.69) is 4.98 Å². The summed E-state index contributed by atoms with van der Waals surface area (Å²) in [6.07, 6.45) is -2.58. The summed E-state index contributed by atoms with van der Waals surface area (Å²) < 4.78 is 38.6. The highest BCUT2D eigenvalue weighted by Gasteiger charge is 2.33. The van der Waals surface area contributed by atoms with Crippen molar-refractivity contribution in [2.45, 2.75) is 6.18 Å². The van der Waals surface area contributed by atoms with Crippen molar-refractivity contribution in [3.63, 3.8) is 0 Å². The van der Waals surface area contributed by atoms with Crippen molar-refractivity contribution >= 4 is 5.97 Å². The third-order valence-corrected chi connectivity index (χ3v) is 2.66. The van der Waals surface area contributed by atoms with Crippen molar-refractivity contribution in [2.24, 2.45) is 0 Å². The van der Waals surface area contributed by atoms with Gasteiger partial charge in [-0.05, 0) is 23.8 Å². The molecule has 0 aliphatic heterocycles. The zero-order chi connectivity index (χ0) is 14.9. The number of carbonyl (C=O) groups is 1. The van der Waals surface area contributed by atoms with Crippen LogP contribution in [0.4, 0.5) is 13.2 Å². The van der Waals surface area contributed by atoms with Crippen molar-refractivity contribution < 1.29 is 28.2 Å². The molecule has 0 aliphatic rings. The molecule has 4 nitrogen and oxygen atoms in total. The van der Waals surface area contributed by atoms with Crippen LogP contribution in [-0.4, -0.2) is 21.2 Å². The third kappa shape index (κ3) is 2.56. The first-order valence-corrected chi connectivity index (χ1v) is 5.38. The molecule has 0 amide bonds. The number of benzene rings is 1. The van der Waals surface area contributed by atoms with Crippen molar-refractivity contribution in [3.05, 3.63) is 47.8 Å². The van der Waals surface area contributed by atoms with E-state index in [1.807, 2.05) is 0 Å². The Kier molecular flexibility index (Phi) is 3.35. The number of alkyl halides is 3. The molecule has 20 heavy (non-hydrogen) atoms. The number of halogens is 3. The fourth-order valence-electron chi connectivity index (χ4n) is 1.75. The lowest BCUT2D eigenvalue weighted by molar-refractivity contribution is -0.137. The van der Waals surface area contributed by atoms with E-state index in [4.69, 9.17) is 5.11 Å². The lowest BCUT2D eigenvalue weighted by Crippen LogP contribution is -2.07. The molecule has 1 aromatic heterocycles. The summed E-state index contributed by atoms with van der Waals surface area (Å²) in [7, 11) is 0. The summed E-state index contributed by atoms with van der Waals surface area (Å²) in [5, 5.41) is 18.2. The van der Waals surface area contributed by atoms with Gasteiger partial charge in [0.25, 0.3) is 0 Å². The number of hydrogen-bond acceptors (Lipinski definition) is 3. The number of phenols is 1. The number of carboxylic acid groups (broad SMARTS) is 1. The lowest BCUT2D eigenvalue weighted by Gasteiger charge is -2.12. The predicted octanol–water partition coefficient (Wildman–Crippen LogP) is 3.17. The molecule has 7 heteroatoms. The van der Waals surface area contributed by atoms with E-state index in [0.29, 0.717) is 0 Å². The monoisotopic (exact) mass is 283 g/mol. The Morgan fingerprint density at radius 2 is 1.90 bits per heavy atom. The number of aromatic carboxylic acids is 1. The molecule has 0 bridgehead atoms. The van der Waals surface area contributed by atoms with Crippen LogP contribution in [0.25, 0.3) is 11.1 Å². The van der Waals surface area contributed by atoms with Gasteiger partial charge in [-0.15, -0.1) is 0 Å². The van der Waals surface area contributed by atoms with Crippen LogP contribution in [0.5, 0.6) is 5.75 Å². The Bertz CT molecular complexity index is 668. The van der Waals surface area contributed by atoms with Crippen molar-refractivity contribution in [1.29, 1.82) is 0 Å². The lowest BCUT2D eigenvalue weighted by atomic mass is 9.99. The molecule has 1 heterocycles. The largest absolute Gasteiger partial charge is 0.507 e. The van der Waals surface area contributed by atoms with Crippen LogP contribution in [0.3, 0.4) is 0 Å². The summed E-state index contributed by atoms with van der Waals surface area (Å²) in [6.45, 7) is 0. The molecule has 104 valence electrons. The first kappa shape index (κ1) is 13.9. The average Bonchev–Trinajstić information content (AvgIpc) is 2.38. The summed E-state index contributed by atoms with van der Waals surface area (Å²) in [5.41, 5.74) is -1.63.